The van der Waals surface area contributed by atoms with Crippen LogP contribution in [0.25, 0.3) is 0 Å². The van der Waals surface area contributed by atoms with E-state index in [1.807, 2.05) is 4.68 Å². The summed E-state index contributed by atoms with van der Waals surface area (Å²) in [5, 5.41) is 15.0. The van der Waals surface area contributed by atoms with Gasteiger partial charge in [-0.2, -0.15) is 15.3 Å². The Morgan fingerprint density at radius 3 is 3.09 bits per heavy atom. The third-order valence-electron chi connectivity index (χ3n) is 4.30. The fraction of sp³-hybridized carbons (Fsp3) is 0.500. The quantitative estimate of drug-likeness (QED) is 0.895. The largest absolute Gasteiger partial charge is 0.370 e. The van der Waals surface area contributed by atoms with Crippen LogP contribution >= 0.6 is 0 Å². The maximum absolute atomic E-state index is 12.1. The molecular formula is C16H19N5O2. The number of carbonyl (C=O) groups is 1. The minimum Gasteiger partial charge on any atom is -0.370 e. The van der Waals surface area contributed by atoms with Crippen molar-refractivity contribution in [2.75, 3.05) is 13.2 Å². The molecule has 0 saturated heterocycles. The molecule has 1 N–H and O–H groups in total. The zero-order chi connectivity index (χ0) is 15.6. The molecule has 1 atom stereocenters. The first-order valence-corrected chi connectivity index (χ1v) is 8.02. The van der Waals surface area contributed by atoms with Crippen LogP contribution in [0.4, 0.5) is 0 Å². The number of hydrogen-bond donors (Lipinski definition) is 1. The fourth-order valence-corrected chi connectivity index (χ4v) is 2.86. The molecule has 3 heterocycles. The van der Waals surface area contributed by atoms with Crippen molar-refractivity contribution in [1.82, 2.24) is 25.3 Å². The Morgan fingerprint density at radius 2 is 2.30 bits per heavy atom. The molecule has 1 amide bonds. The molecule has 1 unspecified atom stereocenters. The van der Waals surface area contributed by atoms with Gasteiger partial charge in [-0.3, -0.25) is 9.48 Å². The Balaban J connectivity index is 1.42. The number of ether oxygens (including phenoxy) is 1. The molecule has 7 nitrogen and oxygen atoms in total. The SMILES string of the molecule is O=C(NCC1OCCc2cn(CC3CC3)nc21)c1ccnnc1. The van der Waals surface area contributed by atoms with Gasteiger partial charge in [0.2, 0.25) is 0 Å². The van der Waals surface area contributed by atoms with Crippen LogP contribution in [0.5, 0.6) is 0 Å². The van der Waals surface area contributed by atoms with E-state index in [-0.39, 0.29) is 12.0 Å². The smallest absolute Gasteiger partial charge is 0.253 e. The van der Waals surface area contributed by atoms with E-state index in [1.54, 1.807) is 6.07 Å². The highest BCUT2D eigenvalue weighted by Gasteiger charge is 2.27. The van der Waals surface area contributed by atoms with Crippen molar-refractivity contribution in [1.29, 1.82) is 0 Å². The Labute approximate surface area is 134 Å². The number of nitrogens with zero attached hydrogens (tertiary/aromatic N) is 4. The van der Waals surface area contributed by atoms with Crippen molar-refractivity contribution in [3.05, 3.63) is 41.5 Å². The number of carbonyl (C=O) groups excluding carboxylic acids is 1. The molecule has 1 fully saturated rings. The van der Waals surface area contributed by atoms with E-state index >= 15 is 0 Å². The molecule has 1 saturated carbocycles. The molecular weight excluding hydrogens is 294 g/mol. The summed E-state index contributed by atoms with van der Waals surface area (Å²) < 4.78 is 7.85. The predicted octanol–water partition coefficient (Wildman–Crippen LogP) is 1.13. The monoisotopic (exact) mass is 313 g/mol. The first-order chi connectivity index (χ1) is 11.3. The minimum atomic E-state index is -0.182. The Bertz CT molecular complexity index is 696. The lowest BCUT2D eigenvalue weighted by molar-refractivity contribution is 0.0383. The van der Waals surface area contributed by atoms with Crippen molar-refractivity contribution in [3.63, 3.8) is 0 Å². The molecule has 7 heteroatoms. The maximum atomic E-state index is 12.1. The highest BCUT2D eigenvalue weighted by molar-refractivity contribution is 5.93. The van der Waals surface area contributed by atoms with E-state index in [0.717, 1.165) is 24.6 Å². The molecule has 1 aliphatic carbocycles. The van der Waals surface area contributed by atoms with E-state index in [1.165, 1.54) is 30.8 Å². The zero-order valence-corrected chi connectivity index (χ0v) is 12.8. The van der Waals surface area contributed by atoms with Crippen molar-refractivity contribution in [2.45, 2.75) is 31.9 Å². The van der Waals surface area contributed by atoms with Crippen LogP contribution in [0.2, 0.25) is 0 Å². The summed E-state index contributed by atoms with van der Waals surface area (Å²) in [5.74, 6) is 0.614. The van der Waals surface area contributed by atoms with Crippen LogP contribution in [-0.2, 0) is 17.7 Å². The van der Waals surface area contributed by atoms with E-state index < -0.39 is 0 Å². The normalized spacial score (nSPS) is 20.1. The van der Waals surface area contributed by atoms with Crippen LogP contribution in [0, 0.1) is 5.92 Å². The second-order valence-corrected chi connectivity index (χ2v) is 6.16. The van der Waals surface area contributed by atoms with Gasteiger partial charge in [-0.15, -0.1) is 0 Å². The molecule has 120 valence electrons. The number of fused-ring (bicyclic) bond motifs is 1. The molecule has 0 spiro atoms. The summed E-state index contributed by atoms with van der Waals surface area (Å²) in [7, 11) is 0. The standard InChI is InChI=1S/C16H19N5O2/c22-16(12-3-5-18-19-7-12)17-8-14-15-13(4-6-23-14)10-21(20-15)9-11-1-2-11/h3,5,7,10-11,14H,1-2,4,6,8-9H2,(H,17,22). The Hall–Kier alpha value is -2.28. The van der Waals surface area contributed by atoms with E-state index in [2.05, 4.69) is 26.8 Å². The lowest BCUT2D eigenvalue weighted by Crippen LogP contribution is -2.32. The van der Waals surface area contributed by atoms with E-state index in [0.29, 0.717) is 18.7 Å². The lowest BCUT2D eigenvalue weighted by atomic mass is 10.1. The molecule has 0 aromatic carbocycles. The van der Waals surface area contributed by atoms with Gasteiger partial charge >= 0.3 is 0 Å². The van der Waals surface area contributed by atoms with Crippen LogP contribution in [0.15, 0.2) is 24.7 Å². The third kappa shape index (κ3) is 3.24. The van der Waals surface area contributed by atoms with Gasteiger partial charge in [-0.1, -0.05) is 0 Å². The first kappa shape index (κ1) is 14.3. The average molecular weight is 313 g/mol. The Kier molecular flexibility index (Phi) is 3.78. The van der Waals surface area contributed by atoms with Crippen molar-refractivity contribution < 1.29 is 9.53 Å². The molecule has 1 aliphatic heterocycles. The lowest BCUT2D eigenvalue weighted by Gasteiger charge is -2.22. The molecule has 2 aliphatic rings. The fourth-order valence-electron chi connectivity index (χ4n) is 2.86. The topological polar surface area (TPSA) is 81.9 Å². The highest BCUT2D eigenvalue weighted by Crippen LogP contribution is 2.32. The summed E-state index contributed by atoms with van der Waals surface area (Å²) in [6, 6.07) is 1.64. The summed E-state index contributed by atoms with van der Waals surface area (Å²) in [6.45, 7) is 2.07. The average Bonchev–Trinajstić information content (AvgIpc) is 3.29. The van der Waals surface area contributed by atoms with Crippen LogP contribution in [0.1, 0.15) is 40.6 Å². The molecule has 23 heavy (non-hydrogen) atoms. The second-order valence-electron chi connectivity index (χ2n) is 6.16. The Morgan fingerprint density at radius 1 is 1.39 bits per heavy atom. The van der Waals surface area contributed by atoms with Gasteiger partial charge in [-0.05, 0) is 36.8 Å². The van der Waals surface area contributed by atoms with Gasteiger partial charge < -0.3 is 10.1 Å². The van der Waals surface area contributed by atoms with Crippen LogP contribution in [0.3, 0.4) is 0 Å². The number of aromatic nitrogens is 4. The summed E-state index contributed by atoms with van der Waals surface area (Å²) in [6.07, 6.45) is 8.41. The van der Waals surface area contributed by atoms with Crippen LogP contribution in [-0.4, -0.2) is 39.0 Å². The minimum absolute atomic E-state index is 0.173. The number of nitrogens with one attached hydrogen (secondary N) is 1. The molecule has 2 aromatic rings. The number of amides is 1. The molecule has 2 aromatic heterocycles. The van der Waals surface area contributed by atoms with Gasteiger partial charge in [0, 0.05) is 19.3 Å². The number of rotatable bonds is 5. The molecule has 0 bridgehead atoms. The van der Waals surface area contributed by atoms with Crippen LogP contribution < -0.4 is 5.32 Å². The van der Waals surface area contributed by atoms with Crippen molar-refractivity contribution in [3.8, 4) is 0 Å². The highest BCUT2D eigenvalue weighted by atomic mass is 16.5. The summed E-state index contributed by atoms with van der Waals surface area (Å²) in [4.78, 5) is 12.1. The van der Waals surface area contributed by atoms with Gasteiger partial charge in [0.05, 0.1) is 30.3 Å². The molecule has 0 radical (unpaired) electrons. The maximum Gasteiger partial charge on any atom is 0.253 e. The van der Waals surface area contributed by atoms with Gasteiger partial charge in [0.1, 0.15) is 6.10 Å². The molecule has 4 rings (SSSR count). The summed E-state index contributed by atoms with van der Waals surface area (Å²) in [5.41, 5.74) is 2.70. The third-order valence-corrected chi connectivity index (χ3v) is 4.30. The van der Waals surface area contributed by atoms with Gasteiger partial charge in [0.25, 0.3) is 5.91 Å². The second kappa shape index (κ2) is 6.08. The van der Waals surface area contributed by atoms with Crippen molar-refractivity contribution >= 4 is 5.91 Å². The van der Waals surface area contributed by atoms with Gasteiger partial charge in [-0.25, -0.2) is 0 Å². The van der Waals surface area contributed by atoms with Gasteiger partial charge in [0.15, 0.2) is 0 Å². The van der Waals surface area contributed by atoms with E-state index in [4.69, 9.17) is 4.74 Å². The van der Waals surface area contributed by atoms with E-state index in [9.17, 15) is 4.79 Å². The predicted molar refractivity (Wildman–Crippen MR) is 81.7 cm³/mol. The summed E-state index contributed by atoms with van der Waals surface area (Å²) >= 11 is 0. The zero-order valence-electron chi connectivity index (χ0n) is 12.8. The first-order valence-electron chi connectivity index (χ1n) is 8.02. The number of hydrogen-bond acceptors (Lipinski definition) is 5. The van der Waals surface area contributed by atoms with Crippen molar-refractivity contribution in [2.24, 2.45) is 5.92 Å².